The number of hydrogen-bond donors (Lipinski definition) is 1. The summed E-state index contributed by atoms with van der Waals surface area (Å²) in [6, 6.07) is 9.60. The predicted octanol–water partition coefficient (Wildman–Crippen LogP) is 1.86. The predicted molar refractivity (Wildman–Crippen MR) is 68.7 cm³/mol. The number of nitrogens with zero attached hydrogens (tertiary/aromatic N) is 1. The lowest BCUT2D eigenvalue weighted by Crippen LogP contribution is -2.35. The fraction of sp³-hybridized carbons (Fsp3) is 0.500. The highest BCUT2D eigenvalue weighted by Gasteiger charge is 2.25. The highest BCUT2D eigenvalue weighted by atomic mass is 16.5. The number of carboxylic acids is 1. The van der Waals surface area contributed by atoms with Crippen LogP contribution in [-0.2, 0) is 4.79 Å². The molecular weight excluding hydrogens is 230 g/mol. The third-order valence-electron chi connectivity index (χ3n) is 2.99. The van der Waals surface area contributed by atoms with Gasteiger partial charge in [0.05, 0.1) is 6.54 Å². The maximum atomic E-state index is 10.8. The lowest BCUT2D eigenvalue weighted by atomic mass is 10.3. The second-order valence-electron chi connectivity index (χ2n) is 4.73. The molecular formula is C14H19NO3. The molecule has 0 heterocycles. The Morgan fingerprint density at radius 2 is 2.06 bits per heavy atom. The average molecular weight is 249 g/mol. The Labute approximate surface area is 107 Å². The molecule has 1 aromatic rings. The van der Waals surface area contributed by atoms with Gasteiger partial charge in [-0.25, -0.2) is 0 Å². The Morgan fingerprint density at radius 3 is 2.67 bits per heavy atom. The van der Waals surface area contributed by atoms with Crippen LogP contribution in [0, 0.1) is 5.92 Å². The zero-order chi connectivity index (χ0) is 12.8. The molecule has 0 bridgehead atoms. The van der Waals surface area contributed by atoms with Gasteiger partial charge >= 0.3 is 5.97 Å². The molecule has 18 heavy (non-hydrogen) atoms. The molecule has 1 fully saturated rings. The van der Waals surface area contributed by atoms with Gasteiger partial charge in [-0.15, -0.1) is 0 Å². The monoisotopic (exact) mass is 249 g/mol. The number of benzene rings is 1. The fourth-order valence-corrected chi connectivity index (χ4v) is 1.90. The summed E-state index contributed by atoms with van der Waals surface area (Å²) in [6.07, 6.45) is 2.46. The molecule has 1 N–H and O–H groups in total. The van der Waals surface area contributed by atoms with Crippen LogP contribution in [0.25, 0.3) is 0 Å². The summed E-state index contributed by atoms with van der Waals surface area (Å²) in [6.45, 7) is 2.18. The Hall–Kier alpha value is -1.55. The summed E-state index contributed by atoms with van der Waals surface area (Å²) < 4.78 is 5.59. The van der Waals surface area contributed by atoms with Crippen molar-refractivity contribution < 1.29 is 14.6 Å². The van der Waals surface area contributed by atoms with Crippen molar-refractivity contribution in [3.8, 4) is 5.75 Å². The molecule has 0 aromatic heterocycles. The van der Waals surface area contributed by atoms with Crippen LogP contribution in [0.4, 0.5) is 0 Å². The van der Waals surface area contributed by atoms with Gasteiger partial charge in [-0.05, 0) is 30.9 Å². The van der Waals surface area contributed by atoms with Gasteiger partial charge in [0.2, 0.25) is 0 Å². The van der Waals surface area contributed by atoms with Crippen LogP contribution in [0.15, 0.2) is 30.3 Å². The summed E-state index contributed by atoms with van der Waals surface area (Å²) in [4.78, 5) is 12.7. The molecule has 0 atom stereocenters. The molecule has 0 radical (unpaired) electrons. The van der Waals surface area contributed by atoms with Crippen molar-refractivity contribution in [2.45, 2.75) is 12.8 Å². The quantitative estimate of drug-likeness (QED) is 0.764. The van der Waals surface area contributed by atoms with Crippen molar-refractivity contribution in [1.82, 2.24) is 4.90 Å². The zero-order valence-electron chi connectivity index (χ0n) is 10.4. The minimum atomic E-state index is -0.768. The molecule has 1 aromatic carbocycles. The van der Waals surface area contributed by atoms with Crippen LogP contribution < -0.4 is 4.74 Å². The average Bonchev–Trinajstić information content (AvgIpc) is 3.13. The first-order valence-corrected chi connectivity index (χ1v) is 6.36. The van der Waals surface area contributed by atoms with Crippen LogP contribution in [-0.4, -0.2) is 42.2 Å². The molecule has 0 amide bonds. The summed E-state index contributed by atoms with van der Waals surface area (Å²) in [5.41, 5.74) is 0. The molecule has 98 valence electrons. The topological polar surface area (TPSA) is 49.8 Å². The summed E-state index contributed by atoms with van der Waals surface area (Å²) >= 11 is 0. The smallest absolute Gasteiger partial charge is 0.317 e. The molecule has 0 aliphatic heterocycles. The van der Waals surface area contributed by atoms with E-state index in [4.69, 9.17) is 9.84 Å². The Kier molecular flexibility index (Phi) is 4.59. The number of ether oxygens (including phenoxy) is 1. The number of aliphatic carboxylic acids is 1. The highest BCUT2D eigenvalue weighted by molar-refractivity contribution is 5.69. The summed E-state index contributed by atoms with van der Waals surface area (Å²) in [7, 11) is 0. The van der Waals surface area contributed by atoms with E-state index in [1.165, 1.54) is 12.8 Å². The molecule has 0 saturated heterocycles. The van der Waals surface area contributed by atoms with Crippen LogP contribution in [0.1, 0.15) is 12.8 Å². The molecule has 1 saturated carbocycles. The Bertz CT molecular complexity index is 376. The number of para-hydroxylation sites is 1. The van der Waals surface area contributed by atoms with Crippen molar-refractivity contribution in [1.29, 1.82) is 0 Å². The summed E-state index contributed by atoms with van der Waals surface area (Å²) in [5, 5.41) is 8.85. The van der Waals surface area contributed by atoms with Crippen LogP contribution in [0.2, 0.25) is 0 Å². The summed E-state index contributed by atoms with van der Waals surface area (Å²) in [5.74, 6) is 0.760. The zero-order valence-corrected chi connectivity index (χ0v) is 10.4. The second-order valence-corrected chi connectivity index (χ2v) is 4.73. The van der Waals surface area contributed by atoms with E-state index in [0.717, 1.165) is 12.3 Å². The minimum absolute atomic E-state index is 0.106. The fourth-order valence-electron chi connectivity index (χ4n) is 1.90. The lowest BCUT2D eigenvalue weighted by molar-refractivity contribution is -0.138. The van der Waals surface area contributed by atoms with Crippen molar-refractivity contribution in [2.24, 2.45) is 5.92 Å². The number of hydrogen-bond acceptors (Lipinski definition) is 3. The first kappa shape index (κ1) is 12.9. The Morgan fingerprint density at radius 1 is 1.33 bits per heavy atom. The van der Waals surface area contributed by atoms with Gasteiger partial charge in [0.1, 0.15) is 12.4 Å². The van der Waals surface area contributed by atoms with Gasteiger partial charge in [0.15, 0.2) is 0 Å². The number of carbonyl (C=O) groups is 1. The van der Waals surface area contributed by atoms with E-state index in [1.54, 1.807) is 0 Å². The minimum Gasteiger partial charge on any atom is -0.492 e. The van der Waals surface area contributed by atoms with E-state index in [2.05, 4.69) is 0 Å². The van der Waals surface area contributed by atoms with Crippen molar-refractivity contribution in [2.75, 3.05) is 26.2 Å². The molecule has 0 unspecified atom stereocenters. The van der Waals surface area contributed by atoms with Crippen LogP contribution in [0.5, 0.6) is 5.75 Å². The van der Waals surface area contributed by atoms with Gasteiger partial charge in [0.25, 0.3) is 0 Å². The molecule has 4 nitrogen and oxygen atoms in total. The van der Waals surface area contributed by atoms with Gasteiger partial charge < -0.3 is 9.84 Å². The maximum Gasteiger partial charge on any atom is 0.317 e. The van der Waals surface area contributed by atoms with Crippen molar-refractivity contribution in [3.05, 3.63) is 30.3 Å². The third-order valence-corrected chi connectivity index (χ3v) is 2.99. The van der Waals surface area contributed by atoms with E-state index >= 15 is 0 Å². The van der Waals surface area contributed by atoms with Gasteiger partial charge in [-0.3, -0.25) is 9.69 Å². The van der Waals surface area contributed by atoms with E-state index in [1.807, 2.05) is 35.2 Å². The molecule has 1 aliphatic carbocycles. The lowest BCUT2D eigenvalue weighted by Gasteiger charge is -2.20. The SMILES string of the molecule is O=C(O)CN(CCOc1ccccc1)CC1CC1. The first-order valence-electron chi connectivity index (χ1n) is 6.36. The van der Waals surface area contributed by atoms with Crippen molar-refractivity contribution in [3.63, 3.8) is 0 Å². The van der Waals surface area contributed by atoms with E-state index in [-0.39, 0.29) is 6.54 Å². The molecule has 4 heteroatoms. The van der Waals surface area contributed by atoms with Gasteiger partial charge in [-0.1, -0.05) is 18.2 Å². The molecule has 1 aliphatic rings. The first-order chi connectivity index (χ1) is 8.74. The number of rotatable bonds is 8. The molecule has 0 spiro atoms. The highest BCUT2D eigenvalue weighted by Crippen LogP contribution is 2.29. The molecule has 2 rings (SSSR count). The maximum absolute atomic E-state index is 10.8. The second kappa shape index (κ2) is 6.40. The van der Waals surface area contributed by atoms with Crippen LogP contribution >= 0.6 is 0 Å². The normalized spacial score (nSPS) is 14.7. The number of carboxylic acid groups (broad SMARTS) is 1. The van der Waals surface area contributed by atoms with Gasteiger partial charge in [-0.2, -0.15) is 0 Å². The largest absolute Gasteiger partial charge is 0.492 e. The Balaban J connectivity index is 1.72. The third kappa shape index (κ3) is 4.75. The van der Waals surface area contributed by atoms with Crippen LogP contribution in [0.3, 0.4) is 0 Å². The van der Waals surface area contributed by atoms with Crippen molar-refractivity contribution >= 4 is 5.97 Å². The standard InChI is InChI=1S/C14H19NO3/c16-14(17)11-15(10-12-6-7-12)8-9-18-13-4-2-1-3-5-13/h1-5,12H,6-11H2,(H,16,17). The van der Waals surface area contributed by atoms with E-state index in [0.29, 0.717) is 19.1 Å². The van der Waals surface area contributed by atoms with E-state index in [9.17, 15) is 4.79 Å². The van der Waals surface area contributed by atoms with Gasteiger partial charge in [0, 0.05) is 13.1 Å². The van der Waals surface area contributed by atoms with E-state index < -0.39 is 5.97 Å².